The first-order chi connectivity index (χ1) is 13.7. The van der Waals surface area contributed by atoms with Crippen LogP contribution in [0.4, 0.5) is 0 Å². The zero-order valence-corrected chi connectivity index (χ0v) is 15.5. The molecule has 4 aromatic rings. The van der Waals surface area contributed by atoms with Crippen molar-refractivity contribution < 1.29 is 9.32 Å². The SMILES string of the molecule is Cc1cc(C(=O)NCc2cn(Cc3ccccc3)nc2-c2ccccc2)no1. The summed E-state index contributed by atoms with van der Waals surface area (Å²) >= 11 is 0. The van der Waals surface area contributed by atoms with Gasteiger partial charge in [0.1, 0.15) is 5.76 Å². The smallest absolute Gasteiger partial charge is 0.273 e. The van der Waals surface area contributed by atoms with Gasteiger partial charge in [0.25, 0.3) is 5.91 Å². The molecule has 2 aromatic heterocycles. The Morgan fingerprint density at radius 2 is 1.79 bits per heavy atom. The predicted octanol–water partition coefficient (Wildman–Crippen LogP) is 3.82. The summed E-state index contributed by atoms with van der Waals surface area (Å²) in [6.45, 7) is 2.77. The number of nitrogens with one attached hydrogen (secondary N) is 1. The van der Waals surface area contributed by atoms with Crippen molar-refractivity contribution >= 4 is 5.91 Å². The second-order valence-electron chi connectivity index (χ2n) is 6.56. The molecule has 140 valence electrons. The molecule has 0 saturated heterocycles. The number of benzene rings is 2. The van der Waals surface area contributed by atoms with Crippen molar-refractivity contribution in [3.63, 3.8) is 0 Å². The van der Waals surface area contributed by atoms with Crippen molar-refractivity contribution in [3.8, 4) is 11.3 Å². The third-order valence-corrected chi connectivity index (χ3v) is 4.37. The quantitative estimate of drug-likeness (QED) is 0.558. The highest BCUT2D eigenvalue weighted by Crippen LogP contribution is 2.22. The molecule has 1 N–H and O–H groups in total. The Hall–Kier alpha value is -3.67. The van der Waals surface area contributed by atoms with Crippen molar-refractivity contribution in [1.82, 2.24) is 20.3 Å². The second kappa shape index (κ2) is 7.92. The van der Waals surface area contributed by atoms with E-state index in [0.717, 1.165) is 16.8 Å². The highest BCUT2D eigenvalue weighted by atomic mass is 16.5. The van der Waals surface area contributed by atoms with Gasteiger partial charge in [-0.2, -0.15) is 5.10 Å². The average molecular weight is 372 g/mol. The fourth-order valence-electron chi connectivity index (χ4n) is 3.02. The predicted molar refractivity (Wildman–Crippen MR) is 106 cm³/mol. The minimum atomic E-state index is -0.272. The monoisotopic (exact) mass is 372 g/mol. The molecule has 0 unspecified atom stereocenters. The van der Waals surface area contributed by atoms with Gasteiger partial charge < -0.3 is 9.84 Å². The van der Waals surface area contributed by atoms with Crippen molar-refractivity contribution in [3.05, 3.63) is 95.5 Å². The van der Waals surface area contributed by atoms with Gasteiger partial charge in [-0.1, -0.05) is 65.8 Å². The van der Waals surface area contributed by atoms with Crippen LogP contribution in [0.1, 0.15) is 27.4 Å². The number of hydrogen-bond acceptors (Lipinski definition) is 4. The van der Waals surface area contributed by atoms with E-state index in [9.17, 15) is 4.79 Å². The van der Waals surface area contributed by atoms with Crippen molar-refractivity contribution in [2.45, 2.75) is 20.0 Å². The number of amides is 1. The van der Waals surface area contributed by atoms with Gasteiger partial charge in [-0.15, -0.1) is 0 Å². The van der Waals surface area contributed by atoms with Crippen LogP contribution < -0.4 is 5.32 Å². The fraction of sp³-hybridized carbons (Fsp3) is 0.136. The standard InChI is InChI=1S/C22H20N4O2/c1-16-12-20(25-28-16)22(27)23-13-19-15-26(14-17-8-4-2-5-9-17)24-21(19)18-10-6-3-7-11-18/h2-12,15H,13-14H2,1H3,(H,23,27). The van der Waals surface area contributed by atoms with Crippen LogP contribution in [0.5, 0.6) is 0 Å². The number of aromatic nitrogens is 3. The summed E-state index contributed by atoms with van der Waals surface area (Å²) in [4.78, 5) is 12.3. The number of aryl methyl sites for hydroxylation is 1. The van der Waals surface area contributed by atoms with Crippen molar-refractivity contribution in [2.24, 2.45) is 0 Å². The highest BCUT2D eigenvalue weighted by Gasteiger charge is 2.15. The number of rotatable bonds is 6. The molecule has 0 aliphatic rings. The van der Waals surface area contributed by atoms with E-state index in [1.165, 1.54) is 5.56 Å². The minimum Gasteiger partial charge on any atom is -0.361 e. The van der Waals surface area contributed by atoms with E-state index in [2.05, 4.69) is 22.6 Å². The lowest BCUT2D eigenvalue weighted by molar-refractivity contribution is 0.0942. The normalized spacial score (nSPS) is 10.8. The maximum atomic E-state index is 12.3. The van der Waals surface area contributed by atoms with Crippen molar-refractivity contribution in [2.75, 3.05) is 0 Å². The van der Waals surface area contributed by atoms with Gasteiger partial charge in [-0.25, -0.2) is 0 Å². The Balaban J connectivity index is 1.58. The van der Waals surface area contributed by atoms with Gasteiger partial charge >= 0.3 is 0 Å². The summed E-state index contributed by atoms with van der Waals surface area (Å²) in [5.41, 5.74) is 4.24. The molecule has 0 bridgehead atoms. The Labute approximate surface area is 162 Å². The summed E-state index contributed by atoms with van der Waals surface area (Å²) in [7, 11) is 0. The van der Waals surface area contributed by atoms with Crippen LogP contribution in [-0.2, 0) is 13.1 Å². The maximum absolute atomic E-state index is 12.3. The van der Waals surface area contributed by atoms with E-state index in [0.29, 0.717) is 18.8 Å². The van der Waals surface area contributed by atoms with Crippen LogP contribution in [-0.4, -0.2) is 20.8 Å². The lowest BCUT2D eigenvalue weighted by Crippen LogP contribution is -2.23. The molecule has 6 heteroatoms. The third kappa shape index (κ3) is 4.01. The zero-order valence-electron chi connectivity index (χ0n) is 15.5. The van der Waals surface area contributed by atoms with Crippen LogP contribution in [0, 0.1) is 6.92 Å². The van der Waals surface area contributed by atoms with E-state index in [4.69, 9.17) is 9.62 Å². The molecule has 2 heterocycles. The molecule has 28 heavy (non-hydrogen) atoms. The Morgan fingerprint density at radius 3 is 2.46 bits per heavy atom. The Kier molecular flexibility index (Phi) is 5.01. The fourth-order valence-corrected chi connectivity index (χ4v) is 3.02. The first kappa shape index (κ1) is 17.7. The van der Waals surface area contributed by atoms with Crippen LogP contribution in [0.2, 0.25) is 0 Å². The minimum absolute atomic E-state index is 0.272. The number of nitrogens with zero attached hydrogens (tertiary/aromatic N) is 3. The molecule has 0 radical (unpaired) electrons. The lowest BCUT2D eigenvalue weighted by Gasteiger charge is -2.03. The molecule has 2 aromatic carbocycles. The van der Waals surface area contributed by atoms with Crippen LogP contribution >= 0.6 is 0 Å². The van der Waals surface area contributed by atoms with Crippen molar-refractivity contribution in [1.29, 1.82) is 0 Å². The largest absolute Gasteiger partial charge is 0.361 e. The van der Waals surface area contributed by atoms with E-state index in [-0.39, 0.29) is 11.6 Å². The summed E-state index contributed by atoms with van der Waals surface area (Å²) < 4.78 is 6.88. The van der Waals surface area contributed by atoms with Crippen LogP contribution in [0.25, 0.3) is 11.3 Å². The molecule has 0 aliphatic carbocycles. The van der Waals surface area contributed by atoms with E-state index >= 15 is 0 Å². The van der Waals surface area contributed by atoms with E-state index in [1.807, 2.05) is 59.4 Å². The Morgan fingerprint density at radius 1 is 1.07 bits per heavy atom. The first-order valence-corrected chi connectivity index (χ1v) is 9.06. The van der Waals surface area contributed by atoms with E-state index < -0.39 is 0 Å². The molecule has 4 rings (SSSR count). The third-order valence-electron chi connectivity index (χ3n) is 4.37. The van der Waals surface area contributed by atoms with Gasteiger partial charge in [0, 0.05) is 29.9 Å². The molecule has 0 atom stereocenters. The number of carbonyl (C=O) groups is 1. The molecule has 1 amide bonds. The summed E-state index contributed by atoms with van der Waals surface area (Å²) in [6, 6.07) is 21.7. The molecule has 0 fully saturated rings. The van der Waals surface area contributed by atoms with Crippen LogP contribution in [0.15, 0.2) is 77.4 Å². The van der Waals surface area contributed by atoms with Gasteiger partial charge in [0.05, 0.1) is 12.2 Å². The summed E-state index contributed by atoms with van der Waals surface area (Å²) in [5.74, 6) is 0.331. The average Bonchev–Trinajstić information content (AvgIpc) is 3.34. The molecule has 0 aliphatic heterocycles. The van der Waals surface area contributed by atoms with Gasteiger partial charge in [-0.3, -0.25) is 9.48 Å². The number of carbonyl (C=O) groups excluding carboxylic acids is 1. The van der Waals surface area contributed by atoms with Crippen LogP contribution in [0.3, 0.4) is 0 Å². The molecule has 6 nitrogen and oxygen atoms in total. The maximum Gasteiger partial charge on any atom is 0.273 e. The van der Waals surface area contributed by atoms with Gasteiger partial charge in [0.2, 0.25) is 0 Å². The molecule has 0 spiro atoms. The Bertz CT molecular complexity index is 1070. The molecular formula is C22H20N4O2. The summed E-state index contributed by atoms with van der Waals surface area (Å²) in [5, 5.41) is 11.4. The molecular weight excluding hydrogens is 352 g/mol. The first-order valence-electron chi connectivity index (χ1n) is 9.06. The zero-order chi connectivity index (χ0) is 19.3. The second-order valence-corrected chi connectivity index (χ2v) is 6.56. The van der Waals surface area contributed by atoms with E-state index in [1.54, 1.807) is 13.0 Å². The number of hydrogen-bond donors (Lipinski definition) is 1. The van der Waals surface area contributed by atoms with Gasteiger partial charge in [-0.05, 0) is 12.5 Å². The topological polar surface area (TPSA) is 73.0 Å². The summed E-state index contributed by atoms with van der Waals surface area (Å²) in [6.07, 6.45) is 1.98. The molecule has 0 saturated carbocycles. The lowest BCUT2D eigenvalue weighted by atomic mass is 10.1. The van der Waals surface area contributed by atoms with Gasteiger partial charge in [0.15, 0.2) is 5.69 Å². The highest BCUT2D eigenvalue weighted by molar-refractivity contribution is 5.92.